The van der Waals surface area contributed by atoms with Gasteiger partial charge in [0.25, 0.3) is 0 Å². The number of nitro groups is 1. The van der Waals surface area contributed by atoms with Crippen molar-refractivity contribution in [3.8, 4) is 23.6 Å². The van der Waals surface area contributed by atoms with Gasteiger partial charge >= 0.3 is 5.69 Å². The lowest BCUT2D eigenvalue weighted by atomic mass is 10.1. The molecule has 7 heteroatoms. The minimum Gasteiger partial charge on any atom is -0.496 e. The summed E-state index contributed by atoms with van der Waals surface area (Å²) in [7, 11) is 2.62. The van der Waals surface area contributed by atoms with Gasteiger partial charge < -0.3 is 9.47 Å². The highest BCUT2D eigenvalue weighted by Gasteiger charge is 2.24. The SMILES string of the molecule is COc1ccc(OC)c([N+](=O)[O-])c1C=C(C#N)C#N. The van der Waals surface area contributed by atoms with Crippen molar-refractivity contribution in [2.24, 2.45) is 0 Å². The Balaban J connectivity index is 3.68. The molecule has 0 fully saturated rings. The molecule has 0 spiro atoms. The molecule has 0 amide bonds. The number of nitrogens with zero attached hydrogens (tertiary/aromatic N) is 3. The van der Waals surface area contributed by atoms with Crippen molar-refractivity contribution in [1.29, 1.82) is 10.5 Å². The van der Waals surface area contributed by atoms with E-state index in [0.29, 0.717) is 0 Å². The monoisotopic (exact) mass is 259 g/mol. The Kier molecular flexibility index (Phi) is 4.44. The molecule has 0 aromatic heterocycles. The fraction of sp³-hybridized carbons (Fsp3) is 0.167. The van der Waals surface area contributed by atoms with E-state index in [0.717, 1.165) is 6.08 Å². The Morgan fingerprint density at radius 3 is 2.21 bits per heavy atom. The number of methoxy groups -OCH3 is 2. The summed E-state index contributed by atoms with van der Waals surface area (Å²) in [5.74, 6) is 0.197. The average molecular weight is 259 g/mol. The van der Waals surface area contributed by atoms with E-state index < -0.39 is 4.92 Å². The summed E-state index contributed by atoms with van der Waals surface area (Å²) in [6.07, 6.45) is 1.10. The van der Waals surface area contributed by atoms with Crippen LogP contribution in [-0.2, 0) is 0 Å². The van der Waals surface area contributed by atoms with E-state index in [1.165, 1.54) is 26.4 Å². The van der Waals surface area contributed by atoms with Gasteiger partial charge in [-0.2, -0.15) is 10.5 Å². The zero-order valence-electron chi connectivity index (χ0n) is 10.2. The van der Waals surface area contributed by atoms with Crippen LogP contribution in [0.1, 0.15) is 5.56 Å². The molecule has 1 aromatic carbocycles. The molecule has 0 N–H and O–H groups in total. The Morgan fingerprint density at radius 1 is 1.26 bits per heavy atom. The third-order valence-electron chi connectivity index (χ3n) is 2.29. The van der Waals surface area contributed by atoms with Crippen LogP contribution in [0.4, 0.5) is 5.69 Å². The molecule has 19 heavy (non-hydrogen) atoms. The summed E-state index contributed by atoms with van der Waals surface area (Å²) < 4.78 is 9.91. The summed E-state index contributed by atoms with van der Waals surface area (Å²) >= 11 is 0. The minimum absolute atomic E-state index is 0.0185. The molecule has 0 heterocycles. The molecule has 0 aliphatic rings. The van der Waals surface area contributed by atoms with Gasteiger partial charge in [-0.1, -0.05) is 0 Å². The number of nitriles is 2. The lowest BCUT2D eigenvalue weighted by molar-refractivity contribution is -0.386. The number of ether oxygens (including phenoxy) is 2. The maximum absolute atomic E-state index is 11.1. The summed E-state index contributed by atoms with van der Waals surface area (Å²) in [6.45, 7) is 0. The zero-order chi connectivity index (χ0) is 14.4. The van der Waals surface area contributed by atoms with E-state index in [-0.39, 0.29) is 28.3 Å². The minimum atomic E-state index is -0.653. The molecule has 0 bridgehead atoms. The molecule has 0 unspecified atom stereocenters. The van der Waals surface area contributed by atoms with E-state index in [2.05, 4.69) is 0 Å². The predicted molar refractivity (Wildman–Crippen MR) is 65.4 cm³/mol. The molecule has 0 aliphatic heterocycles. The van der Waals surface area contributed by atoms with Crippen LogP contribution in [0.3, 0.4) is 0 Å². The zero-order valence-corrected chi connectivity index (χ0v) is 10.2. The van der Waals surface area contributed by atoms with Crippen LogP contribution in [-0.4, -0.2) is 19.1 Å². The molecule has 0 aliphatic carbocycles. The van der Waals surface area contributed by atoms with Gasteiger partial charge in [0.15, 0.2) is 5.75 Å². The van der Waals surface area contributed by atoms with Crippen LogP contribution < -0.4 is 9.47 Å². The molecule has 0 saturated heterocycles. The van der Waals surface area contributed by atoms with E-state index in [1.807, 2.05) is 0 Å². The standard InChI is InChI=1S/C12H9N3O4/c1-18-10-3-4-11(19-2)12(15(16)17)9(10)5-8(6-13)7-14/h3-5H,1-2H3. The Morgan fingerprint density at radius 2 is 1.79 bits per heavy atom. The number of hydrogen-bond donors (Lipinski definition) is 0. The second kappa shape index (κ2) is 6.03. The van der Waals surface area contributed by atoms with Crippen LogP contribution in [0.15, 0.2) is 17.7 Å². The quantitative estimate of drug-likeness (QED) is 0.465. The number of benzene rings is 1. The van der Waals surface area contributed by atoms with Crippen molar-refractivity contribution in [2.75, 3.05) is 14.2 Å². The van der Waals surface area contributed by atoms with Crippen molar-refractivity contribution in [3.05, 3.63) is 33.4 Å². The van der Waals surface area contributed by atoms with Crippen LogP contribution in [0.25, 0.3) is 6.08 Å². The van der Waals surface area contributed by atoms with E-state index in [1.54, 1.807) is 12.1 Å². The number of rotatable bonds is 4. The predicted octanol–water partition coefficient (Wildman–Crippen LogP) is 2.04. The summed E-state index contributed by atoms with van der Waals surface area (Å²) in [4.78, 5) is 10.4. The van der Waals surface area contributed by atoms with Gasteiger partial charge in [0.1, 0.15) is 29.0 Å². The topological polar surface area (TPSA) is 109 Å². The van der Waals surface area contributed by atoms with E-state index in [4.69, 9.17) is 20.0 Å². The van der Waals surface area contributed by atoms with Gasteiger partial charge in [0.2, 0.25) is 0 Å². The van der Waals surface area contributed by atoms with Gasteiger partial charge in [-0.15, -0.1) is 0 Å². The van der Waals surface area contributed by atoms with Crippen molar-refractivity contribution in [3.63, 3.8) is 0 Å². The number of hydrogen-bond acceptors (Lipinski definition) is 6. The normalized spacial score (nSPS) is 8.84. The first-order valence-electron chi connectivity index (χ1n) is 5.00. The highest BCUT2D eigenvalue weighted by atomic mass is 16.6. The molecule has 1 rings (SSSR count). The first-order chi connectivity index (χ1) is 9.08. The van der Waals surface area contributed by atoms with Crippen molar-refractivity contribution >= 4 is 11.8 Å². The first-order valence-corrected chi connectivity index (χ1v) is 5.00. The molecule has 1 aromatic rings. The van der Waals surface area contributed by atoms with Gasteiger partial charge in [0, 0.05) is 0 Å². The first kappa shape index (κ1) is 14.0. The van der Waals surface area contributed by atoms with Crippen LogP contribution >= 0.6 is 0 Å². The van der Waals surface area contributed by atoms with Gasteiger partial charge in [-0.25, -0.2) is 0 Å². The lowest BCUT2D eigenvalue weighted by Crippen LogP contribution is -1.99. The van der Waals surface area contributed by atoms with Gasteiger partial charge in [0.05, 0.1) is 19.1 Å². The fourth-order valence-electron chi connectivity index (χ4n) is 1.47. The average Bonchev–Trinajstić information content (AvgIpc) is 2.43. The Bertz CT molecular complexity index is 607. The Labute approximate surface area is 109 Å². The molecule has 0 radical (unpaired) electrons. The van der Waals surface area contributed by atoms with E-state index >= 15 is 0 Å². The second-order valence-corrected chi connectivity index (χ2v) is 3.27. The largest absolute Gasteiger partial charge is 0.496 e. The molecule has 0 saturated carbocycles. The molecule has 96 valence electrons. The summed E-state index contributed by atoms with van der Waals surface area (Å²) in [5, 5.41) is 28.6. The second-order valence-electron chi connectivity index (χ2n) is 3.27. The smallest absolute Gasteiger partial charge is 0.321 e. The van der Waals surface area contributed by atoms with E-state index in [9.17, 15) is 10.1 Å². The third kappa shape index (κ3) is 2.79. The van der Waals surface area contributed by atoms with Crippen molar-refractivity contribution in [2.45, 2.75) is 0 Å². The maximum Gasteiger partial charge on any atom is 0.321 e. The lowest BCUT2D eigenvalue weighted by Gasteiger charge is -2.08. The highest BCUT2D eigenvalue weighted by Crippen LogP contribution is 2.38. The fourth-order valence-corrected chi connectivity index (χ4v) is 1.47. The van der Waals surface area contributed by atoms with Crippen LogP contribution in [0.2, 0.25) is 0 Å². The maximum atomic E-state index is 11.1. The van der Waals surface area contributed by atoms with Gasteiger partial charge in [-0.05, 0) is 18.2 Å². The molecule has 0 atom stereocenters. The summed E-state index contributed by atoms with van der Waals surface area (Å²) in [5.41, 5.74) is -0.607. The molecular weight excluding hydrogens is 250 g/mol. The van der Waals surface area contributed by atoms with Crippen molar-refractivity contribution < 1.29 is 14.4 Å². The number of nitro benzene ring substituents is 1. The number of allylic oxidation sites excluding steroid dienone is 1. The van der Waals surface area contributed by atoms with Crippen LogP contribution in [0, 0.1) is 32.8 Å². The third-order valence-corrected chi connectivity index (χ3v) is 2.29. The van der Waals surface area contributed by atoms with Crippen molar-refractivity contribution in [1.82, 2.24) is 0 Å². The molecular formula is C12H9N3O4. The highest BCUT2D eigenvalue weighted by molar-refractivity contribution is 5.76. The molecule has 7 nitrogen and oxygen atoms in total. The Hall–Kier alpha value is -3.06. The summed E-state index contributed by atoms with van der Waals surface area (Å²) in [6, 6.07) is 6.12. The van der Waals surface area contributed by atoms with Crippen LogP contribution in [0.5, 0.6) is 11.5 Å². The van der Waals surface area contributed by atoms with Gasteiger partial charge in [-0.3, -0.25) is 10.1 Å².